The maximum Gasteiger partial charge on any atom is 0.279 e. The van der Waals surface area contributed by atoms with Gasteiger partial charge in [-0.1, -0.05) is 35.5 Å². The van der Waals surface area contributed by atoms with Crippen LogP contribution in [0, 0.1) is 10.1 Å². The summed E-state index contributed by atoms with van der Waals surface area (Å²) in [7, 11) is 0. The van der Waals surface area contributed by atoms with Crippen LogP contribution >= 0.6 is 23.4 Å². The van der Waals surface area contributed by atoms with Gasteiger partial charge >= 0.3 is 0 Å². The standard InChI is InChI=1S/C13H8ClNO3S/c14-11-3-1-2-4-13(11)19-10-5-6-12(15(17)18)9(7-10)8-16/h1-8H. The Morgan fingerprint density at radius 2 is 1.95 bits per heavy atom. The third kappa shape index (κ3) is 3.13. The van der Waals surface area contributed by atoms with Crippen molar-refractivity contribution < 1.29 is 9.72 Å². The number of carbonyl (C=O) groups is 1. The molecule has 0 saturated heterocycles. The monoisotopic (exact) mass is 293 g/mol. The van der Waals surface area contributed by atoms with Crippen LogP contribution in [0.5, 0.6) is 0 Å². The molecule has 0 saturated carbocycles. The number of aldehydes is 1. The maximum atomic E-state index is 10.9. The second-order valence-corrected chi connectivity index (χ2v) is 5.15. The Morgan fingerprint density at radius 1 is 1.21 bits per heavy atom. The van der Waals surface area contributed by atoms with E-state index < -0.39 is 4.92 Å². The average Bonchev–Trinajstić information content (AvgIpc) is 2.41. The van der Waals surface area contributed by atoms with Gasteiger partial charge in [-0.2, -0.15) is 0 Å². The fourth-order valence-electron chi connectivity index (χ4n) is 1.51. The van der Waals surface area contributed by atoms with Crippen molar-refractivity contribution in [2.24, 2.45) is 0 Å². The summed E-state index contributed by atoms with van der Waals surface area (Å²) in [5.74, 6) is 0. The smallest absolute Gasteiger partial charge is 0.279 e. The lowest BCUT2D eigenvalue weighted by Crippen LogP contribution is -1.94. The van der Waals surface area contributed by atoms with Crippen LogP contribution in [0.3, 0.4) is 0 Å². The van der Waals surface area contributed by atoms with Crippen LogP contribution in [0.2, 0.25) is 5.02 Å². The predicted molar refractivity (Wildman–Crippen MR) is 74.1 cm³/mol. The number of hydrogen-bond acceptors (Lipinski definition) is 4. The molecule has 2 aromatic carbocycles. The number of nitro benzene ring substituents is 1. The van der Waals surface area contributed by atoms with Gasteiger partial charge < -0.3 is 0 Å². The molecule has 0 fully saturated rings. The lowest BCUT2D eigenvalue weighted by molar-refractivity contribution is -0.385. The van der Waals surface area contributed by atoms with E-state index >= 15 is 0 Å². The van der Waals surface area contributed by atoms with Crippen LogP contribution < -0.4 is 0 Å². The predicted octanol–water partition coefficient (Wildman–Crippen LogP) is 4.21. The quantitative estimate of drug-likeness (QED) is 0.481. The van der Waals surface area contributed by atoms with Crippen LogP contribution in [-0.4, -0.2) is 11.2 Å². The molecule has 0 unspecified atom stereocenters. The van der Waals surface area contributed by atoms with E-state index in [1.807, 2.05) is 18.2 Å². The Morgan fingerprint density at radius 3 is 2.58 bits per heavy atom. The number of hydrogen-bond donors (Lipinski definition) is 0. The average molecular weight is 294 g/mol. The van der Waals surface area contributed by atoms with E-state index in [-0.39, 0.29) is 11.3 Å². The SMILES string of the molecule is O=Cc1cc(Sc2ccccc2Cl)ccc1[N+](=O)[O-]. The van der Waals surface area contributed by atoms with E-state index in [4.69, 9.17) is 11.6 Å². The van der Waals surface area contributed by atoms with Crippen LogP contribution in [-0.2, 0) is 0 Å². The molecule has 0 aliphatic rings. The molecule has 96 valence electrons. The highest BCUT2D eigenvalue weighted by molar-refractivity contribution is 7.99. The molecular formula is C13H8ClNO3S. The van der Waals surface area contributed by atoms with Crippen molar-refractivity contribution in [1.82, 2.24) is 0 Å². The van der Waals surface area contributed by atoms with Crippen molar-refractivity contribution in [3.05, 3.63) is 63.2 Å². The first-order valence-electron chi connectivity index (χ1n) is 5.28. The molecule has 0 atom stereocenters. The molecule has 0 radical (unpaired) electrons. The van der Waals surface area contributed by atoms with Gasteiger partial charge in [0.05, 0.1) is 15.5 Å². The summed E-state index contributed by atoms with van der Waals surface area (Å²) in [4.78, 5) is 22.6. The van der Waals surface area contributed by atoms with E-state index in [1.54, 1.807) is 12.1 Å². The minimum absolute atomic E-state index is 0.0575. The zero-order chi connectivity index (χ0) is 13.8. The lowest BCUT2D eigenvalue weighted by Gasteiger charge is -2.04. The van der Waals surface area contributed by atoms with Gasteiger partial charge in [-0.25, -0.2) is 0 Å². The topological polar surface area (TPSA) is 60.2 Å². The normalized spacial score (nSPS) is 10.2. The summed E-state index contributed by atoms with van der Waals surface area (Å²) in [5.41, 5.74) is -0.138. The summed E-state index contributed by atoms with van der Waals surface area (Å²) in [6, 6.07) is 11.7. The molecule has 2 aromatic rings. The third-order valence-electron chi connectivity index (χ3n) is 2.39. The number of halogens is 1. The zero-order valence-corrected chi connectivity index (χ0v) is 11.1. The summed E-state index contributed by atoms with van der Waals surface area (Å²) in [5, 5.41) is 11.3. The van der Waals surface area contributed by atoms with Crippen LogP contribution in [0.25, 0.3) is 0 Å². The maximum absolute atomic E-state index is 10.9. The minimum Gasteiger partial charge on any atom is -0.298 e. The third-order valence-corrected chi connectivity index (χ3v) is 3.89. The highest BCUT2D eigenvalue weighted by atomic mass is 35.5. The van der Waals surface area contributed by atoms with Crippen molar-refractivity contribution in [2.45, 2.75) is 9.79 Å². The number of carbonyl (C=O) groups excluding carboxylic acids is 1. The van der Waals surface area contributed by atoms with E-state index in [1.165, 1.54) is 23.9 Å². The summed E-state index contributed by atoms with van der Waals surface area (Å²) in [6.07, 6.45) is 0.481. The first-order chi connectivity index (χ1) is 9.11. The molecule has 0 amide bonds. The molecule has 0 aromatic heterocycles. The molecule has 0 spiro atoms. The van der Waals surface area contributed by atoms with Gasteiger partial charge in [0.25, 0.3) is 5.69 Å². The van der Waals surface area contributed by atoms with Gasteiger partial charge in [0, 0.05) is 15.9 Å². The Labute approximate surface area is 118 Å². The Balaban J connectivity index is 2.35. The Bertz CT molecular complexity index is 646. The Hall–Kier alpha value is -1.85. The number of rotatable bonds is 4. The van der Waals surface area contributed by atoms with E-state index in [0.717, 1.165) is 9.79 Å². The zero-order valence-electron chi connectivity index (χ0n) is 9.58. The first-order valence-corrected chi connectivity index (χ1v) is 6.47. The summed E-state index contributed by atoms with van der Waals surface area (Å²) in [6.45, 7) is 0. The van der Waals surface area contributed by atoms with E-state index in [0.29, 0.717) is 11.3 Å². The molecule has 0 aliphatic carbocycles. The van der Waals surface area contributed by atoms with Gasteiger partial charge in [-0.3, -0.25) is 14.9 Å². The Kier molecular flexibility index (Phi) is 4.19. The van der Waals surface area contributed by atoms with Gasteiger partial charge in [0.15, 0.2) is 6.29 Å². The number of benzene rings is 2. The summed E-state index contributed by atoms with van der Waals surface area (Å²) < 4.78 is 0. The molecule has 0 N–H and O–H groups in total. The fourth-order valence-corrected chi connectivity index (χ4v) is 2.65. The largest absolute Gasteiger partial charge is 0.298 e. The molecule has 4 nitrogen and oxygen atoms in total. The number of nitro groups is 1. The second kappa shape index (κ2) is 5.86. The minimum atomic E-state index is -0.576. The van der Waals surface area contributed by atoms with Crippen molar-refractivity contribution in [1.29, 1.82) is 0 Å². The molecule has 19 heavy (non-hydrogen) atoms. The van der Waals surface area contributed by atoms with Crippen molar-refractivity contribution in [3.63, 3.8) is 0 Å². The van der Waals surface area contributed by atoms with Crippen molar-refractivity contribution >= 4 is 35.3 Å². The van der Waals surface area contributed by atoms with Gasteiger partial charge in [-0.05, 0) is 24.3 Å². The molecule has 0 aliphatic heterocycles. The lowest BCUT2D eigenvalue weighted by atomic mass is 10.2. The fraction of sp³-hybridized carbons (Fsp3) is 0. The highest BCUT2D eigenvalue weighted by Gasteiger charge is 2.14. The first kappa shape index (κ1) is 13.6. The molecule has 0 bridgehead atoms. The van der Waals surface area contributed by atoms with Gasteiger partial charge in [0.1, 0.15) is 0 Å². The second-order valence-electron chi connectivity index (χ2n) is 3.63. The molecular weight excluding hydrogens is 286 g/mol. The van der Waals surface area contributed by atoms with E-state index in [9.17, 15) is 14.9 Å². The summed E-state index contributed by atoms with van der Waals surface area (Å²) >= 11 is 7.38. The van der Waals surface area contributed by atoms with Crippen molar-refractivity contribution in [3.8, 4) is 0 Å². The van der Waals surface area contributed by atoms with Crippen LogP contribution in [0.4, 0.5) is 5.69 Å². The van der Waals surface area contributed by atoms with Gasteiger partial charge in [0.2, 0.25) is 0 Å². The van der Waals surface area contributed by atoms with Gasteiger partial charge in [-0.15, -0.1) is 0 Å². The van der Waals surface area contributed by atoms with Crippen LogP contribution in [0.1, 0.15) is 10.4 Å². The number of nitrogens with zero attached hydrogens (tertiary/aromatic N) is 1. The molecule has 0 heterocycles. The van der Waals surface area contributed by atoms with Crippen molar-refractivity contribution in [2.75, 3.05) is 0 Å². The molecule has 6 heteroatoms. The highest BCUT2D eigenvalue weighted by Crippen LogP contribution is 2.34. The van der Waals surface area contributed by atoms with E-state index in [2.05, 4.69) is 0 Å². The van der Waals surface area contributed by atoms with Crippen LogP contribution in [0.15, 0.2) is 52.3 Å². The molecule has 2 rings (SSSR count).